The van der Waals surface area contributed by atoms with E-state index in [9.17, 15) is 8.42 Å². The summed E-state index contributed by atoms with van der Waals surface area (Å²) in [4.78, 5) is 0.138. The highest BCUT2D eigenvalue weighted by Crippen LogP contribution is 2.31. The van der Waals surface area contributed by atoms with Gasteiger partial charge in [0.2, 0.25) is 5.82 Å². The summed E-state index contributed by atoms with van der Waals surface area (Å²) in [6.07, 6.45) is 0. The predicted molar refractivity (Wildman–Crippen MR) is 69.1 cm³/mol. The molecule has 0 unspecified atom stereocenters. The Bertz CT molecular complexity index is 650. The summed E-state index contributed by atoms with van der Waals surface area (Å²) in [5, 5.41) is 5.34. The van der Waals surface area contributed by atoms with Crippen LogP contribution in [0.25, 0.3) is 0 Å². The summed E-state index contributed by atoms with van der Waals surface area (Å²) in [6.45, 7) is 1.59. The Hall–Kier alpha value is -0.570. The lowest BCUT2D eigenvalue weighted by Crippen LogP contribution is -2.13. The number of anilines is 1. The van der Waals surface area contributed by atoms with E-state index in [0.29, 0.717) is 9.55 Å². The summed E-state index contributed by atoms with van der Waals surface area (Å²) < 4.78 is 31.5. The lowest BCUT2D eigenvalue weighted by molar-refractivity contribution is 0.400. The second kappa shape index (κ2) is 4.60. The van der Waals surface area contributed by atoms with Gasteiger partial charge in [-0.15, -0.1) is 11.3 Å². The van der Waals surface area contributed by atoms with Crippen molar-refractivity contribution >= 4 is 54.7 Å². The zero-order valence-electron chi connectivity index (χ0n) is 8.40. The van der Waals surface area contributed by atoms with Crippen LogP contribution in [0.5, 0.6) is 0 Å². The lowest BCUT2D eigenvalue weighted by atomic mass is 10.5. The predicted octanol–water partition coefficient (Wildman–Crippen LogP) is 3.26. The van der Waals surface area contributed by atoms with Crippen LogP contribution < -0.4 is 4.72 Å². The number of halogens is 2. The van der Waals surface area contributed by atoms with Gasteiger partial charge in [0, 0.05) is 0 Å². The van der Waals surface area contributed by atoms with Crippen molar-refractivity contribution in [2.24, 2.45) is 0 Å². The number of rotatable bonds is 3. The van der Waals surface area contributed by atoms with Gasteiger partial charge in [-0.2, -0.15) is 0 Å². The molecule has 0 aliphatic carbocycles. The van der Waals surface area contributed by atoms with Crippen LogP contribution in [0.2, 0.25) is 5.02 Å². The maximum atomic E-state index is 12.0. The first-order valence-electron chi connectivity index (χ1n) is 4.29. The van der Waals surface area contributed by atoms with Crippen molar-refractivity contribution in [1.82, 2.24) is 5.16 Å². The Labute approximate surface area is 115 Å². The fraction of sp³-hybridized carbons (Fsp3) is 0.125. The van der Waals surface area contributed by atoms with Crippen molar-refractivity contribution in [3.63, 3.8) is 0 Å². The van der Waals surface area contributed by atoms with Crippen molar-refractivity contribution in [2.75, 3.05) is 4.72 Å². The molecule has 0 bridgehead atoms. The molecule has 92 valence electrons. The highest BCUT2D eigenvalue weighted by Gasteiger charge is 2.22. The number of nitrogens with one attached hydrogen (secondary N) is 1. The van der Waals surface area contributed by atoms with Gasteiger partial charge in [0.1, 0.15) is 9.92 Å². The number of hydrogen-bond donors (Lipinski definition) is 1. The van der Waals surface area contributed by atoms with Gasteiger partial charge in [0.25, 0.3) is 10.0 Å². The normalized spacial score (nSPS) is 11.7. The molecular weight excluding hydrogens is 352 g/mol. The van der Waals surface area contributed by atoms with Crippen LogP contribution in [0.4, 0.5) is 5.82 Å². The molecule has 2 aromatic heterocycles. The smallest absolute Gasteiger partial charge is 0.265 e. The average Bonchev–Trinajstić information content (AvgIpc) is 2.80. The maximum Gasteiger partial charge on any atom is 0.265 e. The Morgan fingerprint density at radius 3 is 2.76 bits per heavy atom. The number of nitrogens with zero attached hydrogens (tertiary/aromatic N) is 1. The van der Waals surface area contributed by atoms with Crippen LogP contribution in [-0.2, 0) is 10.0 Å². The van der Waals surface area contributed by atoms with E-state index >= 15 is 0 Å². The molecule has 5 nitrogen and oxygen atoms in total. The molecule has 0 aliphatic rings. The fourth-order valence-electron chi connectivity index (χ4n) is 1.08. The fourth-order valence-corrected chi connectivity index (χ4v) is 4.38. The summed E-state index contributed by atoms with van der Waals surface area (Å²) in [5.41, 5.74) is 0. The molecule has 9 heteroatoms. The molecule has 0 aromatic carbocycles. The van der Waals surface area contributed by atoms with Gasteiger partial charge in [-0.3, -0.25) is 4.72 Å². The molecular formula is C8H6BrClN2O3S2. The molecule has 0 atom stereocenters. The highest BCUT2D eigenvalue weighted by atomic mass is 79.9. The first kappa shape index (κ1) is 12.9. The van der Waals surface area contributed by atoms with Crippen molar-refractivity contribution in [3.8, 4) is 0 Å². The molecule has 0 amide bonds. The van der Waals surface area contributed by atoms with E-state index in [2.05, 4.69) is 25.8 Å². The van der Waals surface area contributed by atoms with Crippen LogP contribution in [0.15, 0.2) is 24.7 Å². The third-order valence-electron chi connectivity index (χ3n) is 1.90. The van der Waals surface area contributed by atoms with Crippen molar-refractivity contribution in [1.29, 1.82) is 0 Å². The zero-order valence-corrected chi connectivity index (χ0v) is 12.4. The summed E-state index contributed by atoms with van der Waals surface area (Å²) >= 11 is 10.3. The Morgan fingerprint density at radius 2 is 2.29 bits per heavy atom. The summed E-state index contributed by atoms with van der Waals surface area (Å²) in [7, 11) is -3.70. The van der Waals surface area contributed by atoms with E-state index in [-0.39, 0.29) is 15.7 Å². The molecule has 2 aromatic rings. The number of aromatic nitrogens is 1. The summed E-state index contributed by atoms with van der Waals surface area (Å²) in [6, 6.07) is 1.48. The molecule has 0 saturated heterocycles. The van der Waals surface area contributed by atoms with E-state index in [4.69, 9.17) is 16.1 Å². The molecule has 0 spiro atoms. The topological polar surface area (TPSA) is 72.2 Å². The quantitative estimate of drug-likeness (QED) is 0.915. The highest BCUT2D eigenvalue weighted by molar-refractivity contribution is 9.11. The zero-order chi connectivity index (χ0) is 12.6. The monoisotopic (exact) mass is 356 g/mol. The molecule has 0 radical (unpaired) electrons. The molecule has 2 rings (SSSR count). The van der Waals surface area contributed by atoms with Gasteiger partial charge in [-0.05, 0) is 34.3 Å². The van der Waals surface area contributed by atoms with E-state index in [0.717, 1.165) is 0 Å². The molecule has 1 N–H and O–H groups in total. The molecule has 0 aliphatic heterocycles. The lowest BCUT2D eigenvalue weighted by Gasteiger charge is -2.03. The van der Waals surface area contributed by atoms with Crippen LogP contribution in [0.3, 0.4) is 0 Å². The largest absolute Gasteiger partial charge is 0.358 e. The van der Waals surface area contributed by atoms with Gasteiger partial charge in [0.05, 0.1) is 3.79 Å². The molecule has 0 fully saturated rings. The maximum absolute atomic E-state index is 12.0. The second-order valence-electron chi connectivity index (χ2n) is 3.07. The SMILES string of the molecule is Cc1onc(NS(=O)(=O)c2ccsc2Br)c1Cl. The average molecular weight is 358 g/mol. The van der Waals surface area contributed by atoms with Gasteiger partial charge < -0.3 is 4.52 Å². The van der Waals surface area contributed by atoms with Crippen molar-refractivity contribution < 1.29 is 12.9 Å². The molecule has 0 saturated carbocycles. The first-order valence-corrected chi connectivity index (χ1v) is 7.83. The van der Waals surface area contributed by atoms with Gasteiger partial charge in [-0.25, -0.2) is 8.42 Å². The minimum absolute atomic E-state index is 0.0118. The van der Waals surface area contributed by atoms with E-state index in [1.165, 1.54) is 17.4 Å². The standard InChI is InChI=1S/C8H6BrClN2O3S2/c1-4-6(10)8(11-15-4)12-17(13,14)5-2-3-16-7(5)9/h2-3H,1H3,(H,11,12). The van der Waals surface area contributed by atoms with Crippen molar-refractivity contribution in [3.05, 3.63) is 26.0 Å². The number of hydrogen-bond acceptors (Lipinski definition) is 5. The second-order valence-corrected chi connectivity index (χ2v) is 7.33. The van der Waals surface area contributed by atoms with Crippen LogP contribution in [-0.4, -0.2) is 13.6 Å². The molecule has 2 heterocycles. The Kier molecular flexibility index (Phi) is 3.48. The number of aryl methyl sites for hydroxylation is 1. The summed E-state index contributed by atoms with van der Waals surface area (Å²) in [5.74, 6) is 0.344. The minimum atomic E-state index is -3.70. The third-order valence-corrected chi connectivity index (χ3v) is 5.80. The van der Waals surface area contributed by atoms with Crippen LogP contribution in [0.1, 0.15) is 5.76 Å². The van der Waals surface area contributed by atoms with Crippen LogP contribution >= 0.6 is 38.9 Å². The van der Waals surface area contributed by atoms with E-state index in [1.807, 2.05) is 0 Å². The minimum Gasteiger partial charge on any atom is -0.358 e. The first-order chi connectivity index (χ1) is 7.92. The number of thiophene rings is 1. The van der Waals surface area contributed by atoms with E-state index in [1.54, 1.807) is 12.3 Å². The Balaban J connectivity index is 2.37. The van der Waals surface area contributed by atoms with Gasteiger partial charge >= 0.3 is 0 Å². The third kappa shape index (κ3) is 2.49. The Morgan fingerprint density at radius 1 is 1.59 bits per heavy atom. The molecule has 17 heavy (non-hydrogen) atoms. The van der Waals surface area contributed by atoms with Crippen LogP contribution in [0, 0.1) is 6.92 Å². The van der Waals surface area contributed by atoms with Gasteiger partial charge in [-0.1, -0.05) is 16.8 Å². The van der Waals surface area contributed by atoms with Gasteiger partial charge in [0.15, 0.2) is 5.76 Å². The van der Waals surface area contributed by atoms with E-state index < -0.39 is 10.0 Å². The van der Waals surface area contributed by atoms with Crippen molar-refractivity contribution in [2.45, 2.75) is 11.8 Å². The number of sulfonamides is 1.